The lowest BCUT2D eigenvalue weighted by molar-refractivity contribution is 0.0687. The predicted molar refractivity (Wildman–Crippen MR) is 73.0 cm³/mol. The van der Waals surface area contributed by atoms with Gasteiger partial charge in [-0.3, -0.25) is 4.90 Å². The van der Waals surface area contributed by atoms with Crippen LogP contribution in [0.4, 0.5) is 0 Å². The molecule has 1 aliphatic heterocycles. The summed E-state index contributed by atoms with van der Waals surface area (Å²) in [7, 11) is 0. The first-order valence-corrected chi connectivity index (χ1v) is 6.68. The molecule has 0 spiro atoms. The van der Waals surface area contributed by atoms with Crippen LogP contribution in [-0.2, 0) is 13.0 Å². The van der Waals surface area contributed by atoms with E-state index in [0.717, 1.165) is 30.8 Å². The molecule has 0 unspecified atom stereocenters. The molecule has 2 aromatic heterocycles. The van der Waals surface area contributed by atoms with Crippen LogP contribution in [-0.4, -0.2) is 43.8 Å². The molecule has 0 radical (unpaired) electrons. The number of hydrogen-bond donors (Lipinski definition) is 1. The third-order valence-corrected chi connectivity index (χ3v) is 3.65. The number of carbonyl (C=O) groups is 1. The number of carboxylic acid groups (broad SMARTS) is 1. The van der Waals surface area contributed by atoms with Crippen LogP contribution in [0.3, 0.4) is 0 Å². The van der Waals surface area contributed by atoms with Crippen molar-refractivity contribution in [1.82, 2.24) is 19.7 Å². The Labute approximate surface area is 116 Å². The molecule has 6 heteroatoms. The summed E-state index contributed by atoms with van der Waals surface area (Å²) in [6.07, 6.45) is 2.48. The van der Waals surface area contributed by atoms with Crippen molar-refractivity contribution >= 4 is 5.97 Å². The molecule has 3 rings (SSSR count). The molecule has 3 heterocycles. The van der Waals surface area contributed by atoms with E-state index in [4.69, 9.17) is 0 Å². The van der Waals surface area contributed by atoms with Gasteiger partial charge in [0.1, 0.15) is 0 Å². The van der Waals surface area contributed by atoms with Crippen LogP contribution < -0.4 is 0 Å². The monoisotopic (exact) mass is 272 g/mol. The van der Waals surface area contributed by atoms with Gasteiger partial charge in [0.05, 0.1) is 5.69 Å². The van der Waals surface area contributed by atoms with E-state index in [0.29, 0.717) is 12.4 Å². The zero-order valence-electron chi connectivity index (χ0n) is 11.3. The molecule has 0 aromatic carbocycles. The summed E-state index contributed by atoms with van der Waals surface area (Å²) in [5, 5.41) is 13.6. The fourth-order valence-corrected chi connectivity index (χ4v) is 2.59. The topological polar surface area (TPSA) is 71.2 Å². The van der Waals surface area contributed by atoms with Crippen molar-refractivity contribution in [2.45, 2.75) is 19.9 Å². The highest BCUT2D eigenvalue weighted by atomic mass is 16.4. The minimum Gasteiger partial charge on any atom is -0.476 e. The van der Waals surface area contributed by atoms with Gasteiger partial charge in [0.2, 0.25) is 0 Å². The van der Waals surface area contributed by atoms with E-state index in [-0.39, 0.29) is 5.69 Å². The van der Waals surface area contributed by atoms with Crippen molar-refractivity contribution in [3.05, 3.63) is 41.3 Å². The van der Waals surface area contributed by atoms with Crippen LogP contribution in [0.5, 0.6) is 0 Å². The van der Waals surface area contributed by atoms with Crippen molar-refractivity contribution in [2.24, 2.45) is 0 Å². The van der Waals surface area contributed by atoms with E-state index in [2.05, 4.69) is 21.9 Å². The highest BCUT2D eigenvalue weighted by molar-refractivity contribution is 5.87. The molecule has 0 fully saturated rings. The van der Waals surface area contributed by atoms with Crippen LogP contribution >= 0.6 is 0 Å². The molecule has 104 valence electrons. The van der Waals surface area contributed by atoms with Crippen LogP contribution in [0.1, 0.15) is 28.7 Å². The number of aromatic carboxylic acids is 1. The Kier molecular flexibility index (Phi) is 3.23. The normalized spacial score (nSPS) is 15.1. The molecular weight excluding hydrogens is 256 g/mol. The maximum Gasteiger partial charge on any atom is 0.356 e. The average Bonchev–Trinajstić information content (AvgIpc) is 2.87. The number of aromatic nitrogens is 3. The Morgan fingerprint density at radius 3 is 2.95 bits per heavy atom. The molecule has 2 aromatic rings. The lowest BCUT2D eigenvalue weighted by Gasteiger charge is -2.25. The van der Waals surface area contributed by atoms with Crippen LogP contribution in [0.15, 0.2) is 24.4 Å². The first-order valence-electron chi connectivity index (χ1n) is 6.68. The van der Waals surface area contributed by atoms with Gasteiger partial charge in [-0.25, -0.2) is 14.5 Å². The van der Waals surface area contributed by atoms with E-state index in [1.54, 1.807) is 10.9 Å². The van der Waals surface area contributed by atoms with Crippen molar-refractivity contribution < 1.29 is 9.90 Å². The SMILES string of the molecule is CCN1CCc2c(c(C(=O)O)nn2-c2ccccn2)C1. The Balaban J connectivity index is 2.12. The summed E-state index contributed by atoms with van der Waals surface area (Å²) in [5.74, 6) is -0.310. The summed E-state index contributed by atoms with van der Waals surface area (Å²) in [6.45, 7) is 4.54. The minimum atomic E-state index is -0.978. The number of hydrogen-bond acceptors (Lipinski definition) is 4. The summed E-state index contributed by atoms with van der Waals surface area (Å²) in [4.78, 5) is 17.9. The average molecular weight is 272 g/mol. The number of carboxylic acids is 1. The standard InChI is InChI=1S/C14H16N4O2/c1-2-17-8-6-11-10(9-17)13(14(19)20)16-18(11)12-5-3-4-7-15-12/h3-5,7H,2,6,8-9H2,1H3,(H,19,20). The number of pyridine rings is 1. The second-order valence-corrected chi connectivity index (χ2v) is 4.80. The van der Waals surface area contributed by atoms with E-state index in [1.165, 1.54) is 0 Å². The molecule has 1 aliphatic rings. The zero-order chi connectivity index (χ0) is 14.1. The molecule has 0 aliphatic carbocycles. The molecule has 1 N–H and O–H groups in total. The Morgan fingerprint density at radius 2 is 2.30 bits per heavy atom. The number of nitrogens with zero attached hydrogens (tertiary/aromatic N) is 4. The van der Waals surface area contributed by atoms with Crippen molar-refractivity contribution in [1.29, 1.82) is 0 Å². The maximum absolute atomic E-state index is 11.4. The summed E-state index contributed by atoms with van der Waals surface area (Å²) in [6, 6.07) is 5.54. The van der Waals surface area contributed by atoms with E-state index in [1.807, 2.05) is 18.2 Å². The van der Waals surface area contributed by atoms with Crippen LogP contribution in [0, 0.1) is 0 Å². The molecule has 0 saturated heterocycles. The van der Waals surface area contributed by atoms with Gasteiger partial charge < -0.3 is 5.11 Å². The van der Waals surface area contributed by atoms with Crippen LogP contribution in [0.25, 0.3) is 5.82 Å². The highest BCUT2D eigenvalue weighted by Crippen LogP contribution is 2.24. The Morgan fingerprint density at radius 1 is 1.45 bits per heavy atom. The van der Waals surface area contributed by atoms with Gasteiger partial charge >= 0.3 is 5.97 Å². The van der Waals surface area contributed by atoms with Gasteiger partial charge in [0.25, 0.3) is 0 Å². The summed E-state index contributed by atoms with van der Waals surface area (Å²) < 4.78 is 1.67. The number of likely N-dealkylation sites (N-methyl/N-ethyl adjacent to an activating group) is 1. The van der Waals surface area contributed by atoms with E-state index < -0.39 is 5.97 Å². The molecule has 0 saturated carbocycles. The van der Waals surface area contributed by atoms with E-state index >= 15 is 0 Å². The Bertz CT molecular complexity index is 636. The quantitative estimate of drug-likeness (QED) is 0.913. The van der Waals surface area contributed by atoms with Gasteiger partial charge in [-0.15, -0.1) is 0 Å². The van der Waals surface area contributed by atoms with Gasteiger partial charge in [0, 0.05) is 31.3 Å². The first kappa shape index (κ1) is 12.8. The van der Waals surface area contributed by atoms with Gasteiger partial charge in [-0.05, 0) is 18.7 Å². The largest absolute Gasteiger partial charge is 0.476 e. The summed E-state index contributed by atoms with van der Waals surface area (Å²) in [5.41, 5.74) is 1.92. The lowest BCUT2D eigenvalue weighted by atomic mass is 10.1. The van der Waals surface area contributed by atoms with E-state index in [9.17, 15) is 9.90 Å². The second-order valence-electron chi connectivity index (χ2n) is 4.80. The Hall–Kier alpha value is -2.21. The fourth-order valence-electron chi connectivity index (χ4n) is 2.59. The minimum absolute atomic E-state index is 0.142. The van der Waals surface area contributed by atoms with Crippen molar-refractivity contribution in [3.8, 4) is 5.82 Å². The third-order valence-electron chi connectivity index (χ3n) is 3.65. The van der Waals surface area contributed by atoms with Gasteiger partial charge in [-0.2, -0.15) is 5.10 Å². The second kappa shape index (κ2) is 5.05. The molecule has 0 atom stereocenters. The fraction of sp³-hybridized carbons (Fsp3) is 0.357. The smallest absolute Gasteiger partial charge is 0.356 e. The van der Waals surface area contributed by atoms with Crippen LogP contribution in [0.2, 0.25) is 0 Å². The number of rotatable bonds is 3. The lowest BCUT2D eigenvalue weighted by Crippen LogP contribution is -2.31. The third kappa shape index (κ3) is 2.08. The predicted octanol–water partition coefficient (Wildman–Crippen LogP) is 1.34. The maximum atomic E-state index is 11.4. The molecule has 20 heavy (non-hydrogen) atoms. The van der Waals surface area contributed by atoms with Crippen molar-refractivity contribution in [3.63, 3.8) is 0 Å². The molecular formula is C14H16N4O2. The van der Waals surface area contributed by atoms with Crippen molar-refractivity contribution in [2.75, 3.05) is 13.1 Å². The highest BCUT2D eigenvalue weighted by Gasteiger charge is 2.28. The van der Waals surface area contributed by atoms with Gasteiger partial charge in [-0.1, -0.05) is 13.0 Å². The molecule has 0 bridgehead atoms. The first-order chi connectivity index (χ1) is 9.70. The molecule has 6 nitrogen and oxygen atoms in total. The van der Waals surface area contributed by atoms with Gasteiger partial charge in [0.15, 0.2) is 11.5 Å². The molecule has 0 amide bonds. The summed E-state index contributed by atoms with van der Waals surface area (Å²) >= 11 is 0. The zero-order valence-corrected chi connectivity index (χ0v) is 11.3. The number of fused-ring (bicyclic) bond motifs is 1.